The van der Waals surface area contributed by atoms with E-state index in [4.69, 9.17) is 11.6 Å². The molecular formula is C22H22ClN. The molecule has 0 aromatic heterocycles. The van der Waals surface area contributed by atoms with Crippen LogP contribution in [0.3, 0.4) is 0 Å². The first-order valence-electron chi connectivity index (χ1n) is 8.28. The van der Waals surface area contributed by atoms with Crippen molar-refractivity contribution in [1.82, 2.24) is 4.90 Å². The lowest BCUT2D eigenvalue weighted by molar-refractivity contribution is 0.247. The molecule has 3 rings (SSSR count). The number of nitrogens with zero attached hydrogens (tertiary/aromatic N) is 1. The molecular weight excluding hydrogens is 314 g/mol. The Morgan fingerprint density at radius 2 is 1.00 bits per heavy atom. The fourth-order valence-corrected chi connectivity index (χ4v) is 3.19. The van der Waals surface area contributed by atoms with Crippen LogP contribution in [-0.2, 0) is 25.5 Å². The van der Waals surface area contributed by atoms with E-state index in [0.29, 0.717) is 5.88 Å². The Morgan fingerprint density at radius 3 is 1.50 bits per heavy atom. The van der Waals surface area contributed by atoms with Gasteiger partial charge in [0.25, 0.3) is 0 Å². The maximum absolute atomic E-state index is 6.12. The highest BCUT2D eigenvalue weighted by Crippen LogP contribution is 2.18. The number of hydrogen-bond acceptors (Lipinski definition) is 1. The van der Waals surface area contributed by atoms with Gasteiger partial charge in [0.15, 0.2) is 0 Å². The largest absolute Gasteiger partial charge is 0.291 e. The lowest BCUT2D eigenvalue weighted by Crippen LogP contribution is -2.23. The normalized spacial score (nSPS) is 10.9. The van der Waals surface area contributed by atoms with Gasteiger partial charge in [-0.2, -0.15) is 0 Å². The third-order valence-electron chi connectivity index (χ3n) is 4.15. The molecule has 0 fully saturated rings. The summed E-state index contributed by atoms with van der Waals surface area (Å²) in [6.45, 7) is 2.74. The second kappa shape index (κ2) is 8.68. The second-order valence-corrected chi connectivity index (χ2v) is 6.29. The summed E-state index contributed by atoms with van der Waals surface area (Å²) in [4.78, 5) is 2.47. The van der Waals surface area contributed by atoms with Crippen LogP contribution >= 0.6 is 11.6 Å². The van der Waals surface area contributed by atoms with Gasteiger partial charge >= 0.3 is 0 Å². The van der Waals surface area contributed by atoms with E-state index in [1.807, 2.05) is 0 Å². The molecule has 0 amide bonds. The van der Waals surface area contributed by atoms with E-state index in [1.165, 1.54) is 22.3 Å². The topological polar surface area (TPSA) is 3.24 Å². The zero-order valence-corrected chi connectivity index (χ0v) is 14.5. The molecule has 0 saturated carbocycles. The number of halogens is 1. The lowest BCUT2D eigenvalue weighted by atomic mass is 10.1. The van der Waals surface area contributed by atoms with Crippen LogP contribution in [0.15, 0.2) is 84.9 Å². The van der Waals surface area contributed by atoms with Crippen molar-refractivity contribution < 1.29 is 0 Å². The van der Waals surface area contributed by atoms with E-state index >= 15 is 0 Å². The molecule has 0 N–H and O–H groups in total. The summed E-state index contributed by atoms with van der Waals surface area (Å²) >= 11 is 6.12. The van der Waals surface area contributed by atoms with Crippen molar-refractivity contribution in [2.24, 2.45) is 0 Å². The van der Waals surface area contributed by atoms with Gasteiger partial charge in [0, 0.05) is 25.5 Å². The first-order chi connectivity index (χ1) is 11.8. The average molecular weight is 336 g/mol. The maximum atomic E-state index is 6.12. The Hall–Kier alpha value is -2.09. The molecule has 24 heavy (non-hydrogen) atoms. The van der Waals surface area contributed by atoms with Crippen LogP contribution in [0.4, 0.5) is 0 Å². The molecule has 3 aromatic carbocycles. The first kappa shape index (κ1) is 16.8. The van der Waals surface area contributed by atoms with Crippen LogP contribution in [-0.4, -0.2) is 4.90 Å². The Kier molecular flexibility index (Phi) is 6.06. The predicted molar refractivity (Wildman–Crippen MR) is 102 cm³/mol. The van der Waals surface area contributed by atoms with E-state index < -0.39 is 0 Å². The van der Waals surface area contributed by atoms with Crippen LogP contribution in [0.1, 0.15) is 22.3 Å². The highest BCUT2D eigenvalue weighted by atomic mass is 35.5. The van der Waals surface area contributed by atoms with E-state index in [2.05, 4.69) is 89.8 Å². The molecule has 0 aliphatic carbocycles. The Bertz CT molecular complexity index is 699. The monoisotopic (exact) mass is 335 g/mol. The van der Waals surface area contributed by atoms with E-state index in [0.717, 1.165) is 19.6 Å². The minimum absolute atomic E-state index is 0.556. The van der Waals surface area contributed by atoms with Crippen molar-refractivity contribution in [2.45, 2.75) is 25.5 Å². The van der Waals surface area contributed by atoms with E-state index in [1.54, 1.807) is 0 Å². The molecule has 0 saturated heterocycles. The van der Waals surface area contributed by atoms with Crippen molar-refractivity contribution in [3.05, 3.63) is 107 Å². The summed E-state index contributed by atoms with van der Waals surface area (Å²) in [6.07, 6.45) is 0. The quantitative estimate of drug-likeness (QED) is 0.506. The highest BCUT2D eigenvalue weighted by Gasteiger charge is 2.10. The zero-order valence-electron chi connectivity index (χ0n) is 13.7. The summed E-state index contributed by atoms with van der Waals surface area (Å²) in [7, 11) is 0. The molecule has 0 radical (unpaired) electrons. The smallest absolute Gasteiger partial charge is 0.0477 e. The molecule has 1 nitrogen and oxygen atoms in total. The van der Waals surface area contributed by atoms with E-state index in [9.17, 15) is 0 Å². The molecule has 0 aliphatic rings. The second-order valence-electron chi connectivity index (χ2n) is 6.02. The van der Waals surface area contributed by atoms with Crippen LogP contribution in [0.2, 0.25) is 0 Å². The standard InChI is InChI=1S/C22H22ClN/c23-15-21-13-7-8-14-22(21)18-24(16-19-9-3-1-4-10-19)17-20-11-5-2-6-12-20/h1-14H,15-18H2. The van der Waals surface area contributed by atoms with Crippen LogP contribution < -0.4 is 0 Å². The minimum Gasteiger partial charge on any atom is -0.291 e. The Labute approximate surface area is 149 Å². The zero-order chi connectivity index (χ0) is 16.6. The Morgan fingerprint density at radius 1 is 0.542 bits per heavy atom. The number of rotatable bonds is 7. The van der Waals surface area contributed by atoms with Crippen molar-refractivity contribution in [3.63, 3.8) is 0 Å². The van der Waals surface area contributed by atoms with Crippen LogP contribution in [0, 0.1) is 0 Å². The molecule has 2 heteroatoms. The van der Waals surface area contributed by atoms with Gasteiger partial charge in [-0.05, 0) is 22.3 Å². The molecule has 0 heterocycles. The molecule has 0 bridgehead atoms. The Balaban J connectivity index is 1.81. The third-order valence-corrected chi connectivity index (χ3v) is 4.44. The van der Waals surface area contributed by atoms with Gasteiger partial charge in [-0.1, -0.05) is 84.9 Å². The van der Waals surface area contributed by atoms with Crippen LogP contribution in [0.25, 0.3) is 0 Å². The number of alkyl halides is 1. The fraction of sp³-hybridized carbons (Fsp3) is 0.182. The van der Waals surface area contributed by atoms with Crippen LogP contribution in [0.5, 0.6) is 0 Å². The van der Waals surface area contributed by atoms with Gasteiger partial charge in [-0.3, -0.25) is 4.90 Å². The summed E-state index contributed by atoms with van der Waals surface area (Å²) in [5, 5.41) is 0. The number of hydrogen-bond donors (Lipinski definition) is 0. The molecule has 3 aromatic rings. The first-order valence-corrected chi connectivity index (χ1v) is 8.81. The summed E-state index contributed by atoms with van der Waals surface area (Å²) in [5.74, 6) is 0.556. The van der Waals surface area contributed by atoms with Gasteiger partial charge < -0.3 is 0 Å². The van der Waals surface area contributed by atoms with Gasteiger partial charge in [0.2, 0.25) is 0 Å². The lowest BCUT2D eigenvalue weighted by Gasteiger charge is -2.24. The molecule has 0 unspecified atom stereocenters. The molecule has 0 spiro atoms. The van der Waals surface area contributed by atoms with Crippen molar-refractivity contribution in [2.75, 3.05) is 0 Å². The van der Waals surface area contributed by atoms with E-state index in [-0.39, 0.29) is 0 Å². The van der Waals surface area contributed by atoms with Gasteiger partial charge in [-0.15, -0.1) is 11.6 Å². The fourth-order valence-electron chi connectivity index (χ4n) is 2.93. The van der Waals surface area contributed by atoms with Crippen molar-refractivity contribution in [1.29, 1.82) is 0 Å². The minimum atomic E-state index is 0.556. The van der Waals surface area contributed by atoms with Gasteiger partial charge in [-0.25, -0.2) is 0 Å². The number of benzene rings is 3. The molecule has 122 valence electrons. The van der Waals surface area contributed by atoms with Gasteiger partial charge in [0.05, 0.1) is 0 Å². The SMILES string of the molecule is ClCc1ccccc1CN(Cc1ccccc1)Cc1ccccc1. The van der Waals surface area contributed by atoms with Crippen molar-refractivity contribution >= 4 is 11.6 Å². The third kappa shape index (κ3) is 4.70. The highest BCUT2D eigenvalue weighted by molar-refractivity contribution is 6.17. The summed E-state index contributed by atoms with van der Waals surface area (Å²) in [5.41, 5.74) is 5.18. The maximum Gasteiger partial charge on any atom is 0.0477 e. The summed E-state index contributed by atoms with van der Waals surface area (Å²) in [6, 6.07) is 29.7. The van der Waals surface area contributed by atoms with Crippen molar-refractivity contribution in [3.8, 4) is 0 Å². The molecule has 0 atom stereocenters. The van der Waals surface area contributed by atoms with Gasteiger partial charge in [0.1, 0.15) is 0 Å². The molecule has 0 aliphatic heterocycles. The average Bonchev–Trinajstić information content (AvgIpc) is 2.64. The summed E-state index contributed by atoms with van der Waals surface area (Å²) < 4.78 is 0. The predicted octanol–water partition coefficient (Wildman–Crippen LogP) is 5.63.